The van der Waals surface area contributed by atoms with Gasteiger partial charge in [0.05, 0.1) is 0 Å². The molecule has 56 valence electrons. The summed E-state index contributed by atoms with van der Waals surface area (Å²) >= 11 is 0. The average molecular weight is 161 g/mol. The lowest BCUT2D eigenvalue weighted by Crippen LogP contribution is -2.45. The summed E-state index contributed by atoms with van der Waals surface area (Å²) in [4.78, 5) is 3.62. The van der Waals surface area contributed by atoms with Crippen molar-refractivity contribution in [1.82, 2.24) is 4.98 Å². The first-order valence-electron chi connectivity index (χ1n) is 3.67. The Labute approximate surface area is 61.6 Å². The summed E-state index contributed by atoms with van der Waals surface area (Å²) in [5.41, 5.74) is 0. The third-order valence-electron chi connectivity index (χ3n) is 1.04. The Balaban J connectivity index is 3.28. The Hall–Kier alpha value is 0.394. The highest BCUT2D eigenvalue weighted by molar-refractivity contribution is 6.74. The molecule has 0 spiro atoms. The second kappa shape index (κ2) is 3.53. The fourth-order valence-corrected chi connectivity index (χ4v) is 4.59. The van der Waals surface area contributed by atoms with Crippen LogP contribution < -0.4 is 4.98 Å². The molecular weight excluding hydrogens is 142 g/mol. The van der Waals surface area contributed by atoms with Crippen molar-refractivity contribution in [2.45, 2.75) is 32.7 Å². The molecule has 0 aliphatic heterocycles. The Morgan fingerprint density at radius 2 is 1.67 bits per heavy atom. The van der Waals surface area contributed by atoms with Crippen molar-refractivity contribution in [2.75, 3.05) is 6.17 Å². The van der Waals surface area contributed by atoms with Crippen LogP contribution in [0.1, 0.15) is 0 Å². The van der Waals surface area contributed by atoms with E-state index in [1.807, 2.05) is 0 Å². The fraction of sp³-hybridized carbons (Fsp3) is 1.00. The molecule has 0 heterocycles. The van der Waals surface area contributed by atoms with Gasteiger partial charge in [-0.2, -0.15) is 0 Å². The maximum Gasteiger partial charge on any atom is 0.116 e. The van der Waals surface area contributed by atoms with Crippen molar-refractivity contribution >= 4 is 17.0 Å². The van der Waals surface area contributed by atoms with Crippen molar-refractivity contribution in [2.24, 2.45) is 0 Å². The molecule has 0 atom stereocenters. The Morgan fingerprint density at radius 1 is 1.22 bits per heavy atom. The zero-order chi connectivity index (χ0) is 7.49. The highest BCUT2D eigenvalue weighted by Crippen LogP contribution is 1.93. The maximum absolute atomic E-state index is 3.62. The topological polar surface area (TPSA) is 12.0 Å². The Kier molecular flexibility index (Phi) is 3.69. The molecule has 0 fully saturated rings. The number of hydrogen-bond donors (Lipinski definition) is 1. The van der Waals surface area contributed by atoms with Gasteiger partial charge in [-0.05, 0) is 6.17 Å². The second-order valence-electron chi connectivity index (χ2n) is 4.02. The quantitative estimate of drug-likeness (QED) is 0.618. The summed E-state index contributed by atoms with van der Waals surface area (Å²) in [5.74, 6) is 0. The molecule has 0 aromatic rings. The minimum Gasteiger partial charge on any atom is -0.340 e. The first kappa shape index (κ1) is 9.39. The van der Waals surface area contributed by atoms with Gasteiger partial charge in [-0.1, -0.05) is 32.7 Å². The molecule has 0 aromatic heterocycles. The molecular formula is C6H19NSi2. The third kappa shape index (κ3) is 8.39. The van der Waals surface area contributed by atoms with Crippen molar-refractivity contribution in [3.05, 3.63) is 0 Å². The third-order valence-corrected chi connectivity index (χ3v) is 3.73. The normalized spacial score (nSPS) is 12.7. The lowest BCUT2D eigenvalue weighted by Gasteiger charge is -2.18. The lowest BCUT2D eigenvalue weighted by atomic mass is 11.5. The minimum absolute atomic E-state index is 0.347. The summed E-state index contributed by atoms with van der Waals surface area (Å²) in [6.07, 6.45) is 1.32. The van der Waals surface area contributed by atoms with E-state index in [0.717, 1.165) is 0 Å². The van der Waals surface area contributed by atoms with E-state index in [-0.39, 0.29) is 8.80 Å². The van der Waals surface area contributed by atoms with Crippen molar-refractivity contribution in [3.8, 4) is 0 Å². The van der Waals surface area contributed by atoms with Crippen LogP contribution in [0.4, 0.5) is 0 Å². The SMILES string of the molecule is C[SiH](C)CN[Si](C)(C)C. The predicted octanol–water partition coefficient (Wildman–Crippen LogP) is 1.44. The summed E-state index contributed by atoms with van der Waals surface area (Å²) < 4.78 is 0. The first-order valence-corrected chi connectivity index (χ1v) is 10.3. The van der Waals surface area contributed by atoms with Crippen LogP contribution in [0.15, 0.2) is 0 Å². The maximum atomic E-state index is 3.62. The van der Waals surface area contributed by atoms with Crippen LogP contribution in [-0.4, -0.2) is 23.2 Å². The molecule has 0 saturated carbocycles. The highest BCUT2D eigenvalue weighted by Gasteiger charge is 2.11. The van der Waals surface area contributed by atoms with Gasteiger partial charge in [-0.3, -0.25) is 0 Å². The van der Waals surface area contributed by atoms with Gasteiger partial charge in [0, 0.05) is 8.80 Å². The standard InChI is InChI=1S/C6H19NSi2/c1-8(2)6-7-9(3,4)5/h7-8H,6H2,1-5H3. The molecule has 0 aliphatic carbocycles. The van der Waals surface area contributed by atoms with E-state index < -0.39 is 8.24 Å². The molecule has 0 rings (SSSR count). The van der Waals surface area contributed by atoms with Gasteiger partial charge in [0.25, 0.3) is 0 Å². The number of nitrogens with one attached hydrogen (secondary N) is 1. The van der Waals surface area contributed by atoms with Crippen molar-refractivity contribution < 1.29 is 0 Å². The van der Waals surface area contributed by atoms with E-state index in [2.05, 4.69) is 37.7 Å². The van der Waals surface area contributed by atoms with E-state index >= 15 is 0 Å². The summed E-state index contributed by atoms with van der Waals surface area (Å²) in [6, 6.07) is 0. The van der Waals surface area contributed by atoms with Gasteiger partial charge < -0.3 is 4.98 Å². The molecule has 1 nitrogen and oxygen atoms in total. The van der Waals surface area contributed by atoms with E-state index in [9.17, 15) is 0 Å². The van der Waals surface area contributed by atoms with E-state index in [1.165, 1.54) is 6.17 Å². The summed E-state index contributed by atoms with van der Waals surface area (Å²) in [7, 11) is -1.28. The van der Waals surface area contributed by atoms with E-state index in [0.29, 0.717) is 0 Å². The Morgan fingerprint density at radius 3 is 1.78 bits per heavy atom. The number of rotatable bonds is 3. The summed E-state index contributed by atoms with van der Waals surface area (Å²) in [5, 5.41) is 0. The smallest absolute Gasteiger partial charge is 0.116 e. The van der Waals surface area contributed by atoms with Gasteiger partial charge >= 0.3 is 0 Å². The van der Waals surface area contributed by atoms with Gasteiger partial charge in [-0.15, -0.1) is 0 Å². The van der Waals surface area contributed by atoms with Crippen LogP contribution in [-0.2, 0) is 0 Å². The van der Waals surface area contributed by atoms with Crippen LogP contribution in [0.2, 0.25) is 32.7 Å². The van der Waals surface area contributed by atoms with Crippen LogP contribution in [0.5, 0.6) is 0 Å². The monoisotopic (exact) mass is 161 g/mol. The van der Waals surface area contributed by atoms with Crippen molar-refractivity contribution in [1.29, 1.82) is 0 Å². The molecule has 9 heavy (non-hydrogen) atoms. The molecule has 1 N–H and O–H groups in total. The van der Waals surface area contributed by atoms with Crippen molar-refractivity contribution in [3.63, 3.8) is 0 Å². The molecule has 0 radical (unpaired) electrons. The van der Waals surface area contributed by atoms with Crippen LogP contribution in [0.25, 0.3) is 0 Å². The first-order chi connectivity index (χ1) is 3.92. The average Bonchev–Trinajstić information content (AvgIpc) is 1.59. The summed E-state index contributed by atoms with van der Waals surface area (Å²) in [6.45, 7) is 11.8. The van der Waals surface area contributed by atoms with Gasteiger partial charge in [0.1, 0.15) is 8.24 Å². The largest absolute Gasteiger partial charge is 0.340 e. The fourth-order valence-electron chi connectivity index (χ4n) is 0.510. The molecule has 0 unspecified atom stereocenters. The zero-order valence-electron chi connectivity index (χ0n) is 7.28. The molecule has 0 amide bonds. The van der Waals surface area contributed by atoms with Crippen LogP contribution in [0, 0.1) is 0 Å². The van der Waals surface area contributed by atoms with Gasteiger partial charge in [0.2, 0.25) is 0 Å². The van der Waals surface area contributed by atoms with Gasteiger partial charge in [0.15, 0.2) is 0 Å². The van der Waals surface area contributed by atoms with Gasteiger partial charge in [-0.25, -0.2) is 0 Å². The molecule has 0 bridgehead atoms. The highest BCUT2D eigenvalue weighted by atomic mass is 28.3. The lowest BCUT2D eigenvalue weighted by molar-refractivity contribution is 1.09. The molecule has 0 saturated heterocycles. The zero-order valence-corrected chi connectivity index (χ0v) is 9.44. The minimum atomic E-state index is -0.935. The molecule has 0 aromatic carbocycles. The molecule has 0 aliphatic rings. The predicted molar refractivity (Wildman–Crippen MR) is 50.2 cm³/mol. The van der Waals surface area contributed by atoms with Crippen LogP contribution >= 0.6 is 0 Å². The van der Waals surface area contributed by atoms with E-state index in [1.54, 1.807) is 0 Å². The van der Waals surface area contributed by atoms with Crippen LogP contribution in [0.3, 0.4) is 0 Å². The second-order valence-corrected chi connectivity index (χ2v) is 12.1. The number of hydrogen-bond acceptors (Lipinski definition) is 1. The molecule has 3 heteroatoms. The Bertz CT molecular complexity index is 75.6. The van der Waals surface area contributed by atoms with E-state index in [4.69, 9.17) is 0 Å².